The van der Waals surface area contributed by atoms with E-state index < -0.39 is 0 Å². The van der Waals surface area contributed by atoms with Crippen molar-refractivity contribution in [2.45, 2.75) is 45.8 Å². The summed E-state index contributed by atoms with van der Waals surface area (Å²) in [5.41, 5.74) is 1.19. The first-order valence-corrected chi connectivity index (χ1v) is 6.91. The van der Waals surface area contributed by atoms with Crippen molar-refractivity contribution in [2.24, 2.45) is 0 Å². The van der Waals surface area contributed by atoms with E-state index >= 15 is 0 Å². The Kier molecular flexibility index (Phi) is 3.95. The van der Waals surface area contributed by atoms with Gasteiger partial charge >= 0.3 is 0 Å². The summed E-state index contributed by atoms with van der Waals surface area (Å²) in [5, 5.41) is 6.91. The van der Waals surface area contributed by atoms with E-state index in [-0.39, 0.29) is 0 Å². The highest BCUT2D eigenvalue weighted by Gasteiger charge is 2.23. The Hall–Kier alpha value is -0.450. The molecule has 1 saturated heterocycles. The summed E-state index contributed by atoms with van der Waals surface area (Å²) in [4.78, 5) is 7.00. The smallest absolute Gasteiger partial charge is 0.0897 e. The standard InChI is InChI=1S/C12H21N3S/c1-9(2)15-5-4-11(7-15)13-6-12-8-16-10(3)14-12/h8-9,11,13H,4-7H2,1-3H3. The Balaban J connectivity index is 1.75. The van der Waals surface area contributed by atoms with Crippen LogP contribution in [0.1, 0.15) is 31.0 Å². The maximum absolute atomic E-state index is 4.47. The Bertz CT molecular complexity index is 335. The zero-order chi connectivity index (χ0) is 11.5. The summed E-state index contributed by atoms with van der Waals surface area (Å²) in [6.45, 7) is 9.93. The first kappa shape index (κ1) is 12.0. The molecule has 0 aliphatic carbocycles. The number of hydrogen-bond acceptors (Lipinski definition) is 4. The minimum atomic E-state index is 0.643. The molecule has 1 atom stereocenters. The number of likely N-dealkylation sites (tertiary alicyclic amines) is 1. The third-order valence-electron chi connectivity index (χ3n) is 3.19. The summed E-state index contributed by atoms with van der Waals surface area (Å²) >= 11 is 1.73. The molecule has 1 N–H and O–H groups in total. The predicted molar refractivity (Wildman–Crippen MR) is 68.8 cm³/mol. The number of thiazole rings is 1. The average Bonchev–Trinajstić information content (AvgIpc) is 2.83. The van der Waals surface area contributed by atoms with Crippen molar-refractivity contribution in [3.05, 3.63) is 16.1 Å². The fourth-order valence-electron chi connectivity index (χ4n) is 2.16. The highest BCUT2D eigenvalue weighted by atomic mass is 32.1. The zero-order valence-electron chi connectivity index (χ0n) is 10.4. The molecule has 0 radical (unpaired) electrons. The quantitative estimate of drug-likeness (QED) is 0.871. The maximum Gasteiger partial charge on any atom is 0.0897 e. The largest absolute Gasteiger partial charge is 0.307 e. The summed E-state index contributed by atoms with van der Waals surface area (Å²) in [7, 11) is 0. The van der Waals surface area contributed by atoms with Gasteiger partial charge in [-0.25, -0.2) is 4.98 Å². The second-order valence-electron chi connectivity index (χ2n) is 4.81. The van der Waals surface area contributed by atoms with Crippen LogP contribution in [0.3, 0.4) is 0 Å². The second kappa shape index (κ2) is 5.25. The van der Waals surface area contributed by atoms with E-state index in [2.05, 4.69) is 41.4 Å². The van der Waals surface area contributed by atoms with E-state index in [0.717, 1.165) is 11.6 Å². The van der Waals surface area contributed by atoms with Crippen LogP contribution in [0.2, 0.25) is 0 Å². The number of aryl methyl sites for hydroxylation is 1. The van der Waals surface area contributed by atoms with Gasteiger partial charge in [-0.2, -0.15) is 0 Å². The minimum absolute atomic E-state index is 0.643. The molecule has 0 saturated carbocycles. The Labute approximate surface area is 102 Å². The van der Waals surface area contributed by atoms with Crippen molar-refractivity contribution in [2.75, 3.05) is 13.1 Å². The lowest BCUT2D eigenvalue weighted by atomic mass is 10.2. The van der Waals surface area contributed by atoms with Gasteiger partial charge in [-0.3, -0.25) is 4.90 Å². The zero-order valence-corrected chi connectivity index (χ0v) is 11.2. The third kappa shape index (κ3) is 3.03. The molecule has 90 valence electrons. The number of nitrogens with one attached hydrogen (secondary N) is 1. The van der Waals surface area contributed by atoms with Crippen molar-refractivity contribution in [3.8, 4) is 0 Å². The lowest BCUT2D eigenvalue weighted by molar-refractivity contribution is 0.268. The molecule has 1 fully saturated rings. The first-order valence-electron chi connectivity index (χ1n) is 6.03. The van der Waals surface area contributed by atoms with Gasteiger partial charge in [0.05, 0.1) is 10.7 Å². The molecule has 0 amide bonds. The molecule has 4 heteroatoms. The van der Waals surface area contributed by atoms with E-state index in [0.29, 0.717) is 12.1 Å². The second-order valence-corrected chi connectivity index (χ2v) is 5.88. The normalized spacial score (nSPS) is 22.1. The highest BCUT2D eigenvalue weighted by Crippen LogP contribution is 2.13. The number of hydrogen-bond donors (Lipinski definition) is 1. The number of aromatic nitrogens is 1. The van der Waals surface area contributed by atoms with Crippen molar-refractivity contribution < 1.29 is 0 Å². The van der Waals surface area contributed by atoms with Gasteiger partial charge in [0.1, 0.15) is 0 Å². The molecule has 1 aliphatic rings. The monoisotopic (exact) mass is 239 g/mol. The van der Waals surface area contributed by atoms with Gasteiger partial charge in [0, 0.05) is 30.6 Å². The van der Waals surface area contributed by atoms with Crippen LogP contribution in [-0.4, -0.2) is 35.1 Å². The van der Waals surface area contributed by atoms with Gasteiger partial charge < -0.3 is 5.32 Å². The summed E-state index contributed by atoms with van der Waals surface area (Å²) in [5.74, 6) is 0. The van der Waals surface area contributed by atoms with Crippen LogP contribution in [0, 0.1) is 6.92 Å². The van der Waals surface area contributed by atoms with Crippen molar-refractivity contribution in [1.29, 1.82) is 0 Å². The summed E-state index contributed by atoms with van der Waals surface area (Å²) in [6.07, 6.45) is 1.27. The molecule has 1 aliphatic heterocycles. The maximum atomic E-state index is 4.47. The van der Waals surface area contributed by atoms with Crippen LogP contribution in [0.5, 0.6) is 0 Å². The van der Waals surface area contributed by atoms with Crippen molar-refractivity contribution in [3.63, 3.8) is 0 Å². The fourth-order valence-corrected chi connectivity index (χ4v) is 2.77. The Morgan fingerprint density at radius 1 is 1.62 bits per heavy atom. The van der Waals surface area contributed by atoms with Gasteiger partial charge in [-0.05, 0) is 33.7 Å². The first-order chi connectivity index (χ1) is 7.65. The van der Waals surface area contributed by atoms with Gasteiger partial charge in [0.15, 0.2) is 0 Å². The number of rotatable bonds is 4. The molecular formula is C12H21N3S. The van der Waals surface area contributed by atoms with Crippen LogP contribution >= 0.6 is 11.3 Å². The molecule has 1 unspecified atom stereocenters. The highest BCUT2D eigenvalue weighted by molar-refractivity contribution is 7.09. The fraction of sp³-hybridized carbons (Fsp3) is 0.750. The molecular weight excluding hydrogens is 218 g/mol. The van der Waals surface area contributed by atoms with E-state index in [4.69, 9.17) is 0 Å². The molecule has 2 rings (SSSR count). The molecule has 16 heavy (non-hydrogen) atoms. The van der Waals surface area contributed by atoms with Gasteiger partial charge in [0.25, 0.3) is 0 Å². The Morgan fingerprint density at radius 3 is 3.00 bits per heavy atom. The molecule has 3 nitrogen and oxygen atoms in total. The molecule has 0 aromatic carbocycles. The average molecular weight is 239 g/mol. The van der Waals surface area contributed by atoms with Crippen LogP contribution in [0.15, 0.2) is 5.38 Å². The van der Waals surface area contributed by atoms with Gasteiger partial charge in [-0.1, -0.05) is 0 Å². The van der Waals surface area contributed by atoms with E-state index in [1.165, 1.54) is 25.2 Å². The lowest BCUT2D eigenvalue weighted by Gasteiger charge is -2.20. The van der Waals surface area contributed by atoms with Crippen LogP contribution < -0.4 is 5.32 Å². The van der Waals surface area contributed by atoms with Crippen molar-refractivity contribution in [1.82, 2.24) is 15.2 Å². The molecule has 1 aromatic rings. The topological polar surface area (TPSA) is 28.2 Å². The summed E-state index contributed by atoms with van der Waals surface area (Å²) < 4.78 is 0. The van der Waals surface area contributed by atoms with Crippen LogP contribution in [0.4, 0.5) is 0 Å². The van der Waals surface area contributed by atoms with Crippen molar-refractivity contribution >= 4 is 11.3 Å². The number of nitrogens with zero attached hydrogens (tertiary/aromatic N) is 2. The lowest BCUT2D eigenvalue weighted by Crippen LogP contribution is -2.34. The van der Waals surface area contributed by atoms with Crippen LogP contribution in [0.25, 0.3) is 0 Å². The summed E-state index contributed by atoms with van der Waals surface area (Å²) in [6, 6.07) is 1.32. The van der Waals surface area contributed by atoms with Crippen LogP contribution in [-0.2, 0) is 6.54 Å². The minimum Gasteiger partial charge on any atom is -0.307 e. The van der Waals surface area contributed by atoms with Gasteiger partial charge in [-0.15, -0.1) is 11.3 Å². The molecule has 1 aromatic heterocycles. The van der Waals surface area contributed by atoms with E-state index in [1.807, 2.05) is 0 Å². The molecule has 0 spiro atoms. The van der Waals surface area contributed by atoms with E-state index in [9.17, 15) is 0 Å². The SMILES string of the molecule is Cc1nc(CNC2CCN(C(C)C)C2)cs1. The molecule has 0 bridgehead atoms. The Morgan fingerprint density at radius 2 is 2.44 bits per heavy atom. The predicted octanol–water partition coefficient (Wildman–Crippen LogP) is 2.02. The molecule has 2 heterocycles. The van der Waals surface area contributed by atoms with E-state index in [1.54, 1.807) is 11.3 Å². The van der Waals surface area contributed by atoms with Gasteiger partial charge in [0.2, 0.25) is 0 Å². The third-order valence-corrected chi connectivity index (χ3v) is 4.01.